The molecule has 1 N–H and O–H groups in total. The van der Waals surface area contributed by atoms with Gasteiger partial charge in [0.05, 0.1) is 11.4 Å². The van der Waals surface area contributed by atoms with Crippen molar-refractivity contribution in [1.82, 2.24) is 19.9 Å². The van der Waals surface area contributed by atoms with E-state index in [2.05, 4.69) is 15.4 Å². The SMILES string of the molecule is O=C(NC1CC1)c1cc(-c2ccccc2F)nc2cc(-c3ccccc3)nn12. The Labute approximate surface area is 160 Å². The maximum Gasteiger partial charge on any atom is 0.270 e. The highest BCUT2D eigenvalue weighted by molar-refractivity contribution is 5.94. The highest BCUT2D eigenvalue weighted by Crippen LogP contribution is 2.26. The molecule has 0 saturated heterocycles. The number of nitrogens with zero attached hydrogens (tertiary/aromatic N) is 3. The van der Waals surface area contributed by atoms with Crippen LogP contribution in [0.2, 0.25) is 0 Å². The van der Waals surface area contributed by atoms with Gasteiger partial charge < -0.3 is 5.32 Å². The third kappa shape index (κ3) is 3.03. The molecule has 28 heavy (non-hydrogen) atoms. The second-order valence-corrected chi connectivity index (χ2v) is 6.92. The second kappa shape index (κ2) is 6.56. The van der Waals surface area contributed by atoms with Crippen LogP contribution in [0.15, 0.2) is 66.7 Å². The smallest absolute Gasteiger partial charge is 0.270 e. The number of carbonyl (C=O) groups is 1. The van der Waals surface area contributed by atoms with Gasteiger partial charge in [-0.1, -0.05) is 42.5 Å². The summed E-state index contributed by atoms with van der Waals surface area (Å²) in [5, 5.41) is 7.57. The summed E-state index contributed by atoms with van der Waals surface area (Å²) in [6, 6.07) is 19.7. The molecule has 0 unspecified atom stereocenters. The van der Waals surface area contributed by atoms with E-state index >= 15 is 0 Å². The van der Waals surface area contributed by atoms with Crippen LogP contribution in [0.3, 0.4) is 0 Å². The lowest BCUT2D eigenvalue weighted by Gasteiger charge is -2.09. The van der Waals surface area contributed by atoms with Crippen molar-refractivity contribution in [2.75, 3.05) is 0 Å². The quantitative estimate of drug-likeness (QED) is 0.587. The molecule has 6 heteroatoms. The van der Waals surface area contributed by atoms with Gasteiger partial charge in [0.2, 0.25) is 0 Å². The fourth-order valence-corrected chi connectivity index (χ4v) is 3.18. The van der Waals surface area contributed by atoms with E-state index < -0.39 is 0 Å². The summed E-state index contributed by atoms with van der Waals surface area (Å²) in [4.78, 5) is 17.4. The molecule has 0 bridgehead atoms. The Bertz CT molecular complexity index is 1180. The fourth-order valence-electron chi connectivity index (χ4n) is 3.18. The van der Waals surface area contributed by atoms with Gasteiger partial charge in [-0.3, -0.25) is 4.79 Å². The van der Waals surface area contributed by atoms with Crippen molar-refractivity contribution in [3.63, 3.8) is 0 Å². The standard InChI is InChI=1S/C22H17FN4O/c23-17-9-5-4-8-16(17)19-12-20(22(28)24-15-10-11-15)27-21(25-19)13-18(26-27)14-6-2-1-3-7-14/h1-9,12-13,15H,10-11H2,(H,24,28). The van der Waals surface area contributed by atoms with Crippen LogP contribution in [0.25, 0.3) is 28.2 Å². The predicted octanol–water partition coefficient (Wildman–Crippen LogP) is 4.09. The minimum Gasteiger partial charge on any atom is -0.348 e. The Balaban J connectivity index is 1.70. The Morgan fingerprint density at radius 2 is 1.75 bits per heavy atom. The van der Waals surface area contributed by atoms with Crippen molar-refractivity contribution in [3.8, 4) is 22.5 Å². The van der Waals surface area contributed by atoms with Crippen LogP contribution in [0.1, 0.15) is 23.3 Å². The van der Waals surface area contributed by atoms with E-state index in [9.17, 15) is 9.18 Å². The van der Waals surface area contributed by atoms with E-state index in [-0.39, 0.29) is 17.8 Å². The number of aromatic nitrogens is 3. The van der Waals surface area contributed by atoms with Crippen molar-refractivity contribution in [1.29, 1.82) is 0 Å². The fraction of sp³-hybridized carbons (Fsp3) is 0.136. The summed E-state index contributed by atoms with van der Waals surface area (Å²) in [6.07, 6.45) is 1.96. The van der Waals surface area contributed by atoms with E-state index in [4.69, 9.17) is 0 Å². The van der Waals surface area contributed by atoms with Gasteiger partial charge in [0, 0.05) is 23.2 Å². The summed E-state index contributed by atoms with van der Waals surface area (Å²) < 4.78 is 15.9. The molecule has 0 atom stereocenters. The lowest BCUT2D eigenvalue weighted by molar-refractivity contribution is 0.0943. The molecule has 1 aliphatic carbocycles. The van der Waals surface area contributed by atoms with Crippen molar-refractivity contribution >= 4 is 11.6 Å². The average molecular weight is 372 g/mol. The molecule has 138 valence electrons. The molecular formula is C22H17FN4O. The molecule has 1 amide bonds. The second-order valence-electron chi connectivity index (χ2n) is 6.92. The number of nitrogens with one attached hydrogen (secondary N) is 1. The molecule has 2 aromatic heterocycles. The molecule has 1 fully saturated rings. The lowest BCUT2D eigenvalue weighted by atomic mass is 10.1. The summed E-state index contributed by atoms with van der Waals surface area (Å²) >= 11 is 0. The van der Waals surface area contributed by atoms with Crippen LogP contribution >= 0.6 is 0 Å². The van der Waals surface area contributed by atoms with E-state index in [0.29, 0.717) is 28.3 Å². The number of benzene rings is 2. The van der Waals surface area contributed by atoms with Crippen LogP contribution in [0.4, 0.5) is 4.39 Å². The summed E-state index contributed by atoms with van der Waals surface area (Å²) in [6.45, 7) is 0. The largest absolute Gasteiger partial charge is 0.348 e. The van der Waals surface area contributed by atoms with Gasteiger partial charge in [0.15, 0.2) is 5.65 Å². The van der Waals surface area contributed by atoms with Crippen LogP contribution in [0.5, 0.6) is 0 Å². The van der Waals surface area contributed by atoms with E-state index in [1.807, 2.05) is 36.4 Å². The molecule has 2 aromatic carbocycles. The normalized spacial score (nSPS) is 13.6. The molecule has 0 radical (unpaired) electrons. The zero-order valence-electron chi connectivity index (χ0n) is 15.0. The summed E-state index contributed by atoms with van der Waals surface area (Å²) in [5.74, 6) is -0.606. The third-order valence-electron chi connectivity index (χ3n) is 4.79. The number of rotatable bonds is 4. The average Bonchev–Trinajstić information content (AvgIpc) is 3.42. The molecule has 5 rings (SSSR count). The van der Waals surface area contributed by atoms with Crippen molar-refractivity contribution < 1.29 is 9.18 Å². The number of amides is 1. The summed E-state index contributed by atoms with van der Waals surface area (Å²) in [7, 11) is 0. The van der Waals surface area contributed by atoms with E-state index in [1.165, 1.54) is 10.6 Å². The molecular weight excluding hydrogens is 355 g/mol. The monoisotopic (exact) mass is 372 g/mol. The number of halogens is 1. The van der Waals surface area contributed by atoms with Gasteiger partial charge in [-0.25, -0.2) is 13.9 Å². The highest BCUT2D eigenvalue weighted by Gasteiger charge is 2.26. The van der Waals surface area contributed by atoms with Crippen LogP contribution in [-0.4, -0.2) is 26.5 Å². The molecule has 2 heterocycles. The molecule has 0 spiro atoms. The minimum absolute atomic E-state index is 0.205. The van der Waals surface area contributed by atoms with Gasteiger partial charge in [0.1, 0.15) is 11.5 Å². The molecule has 1 aliphatic rings. The van der Waals surface area contributed by atoms with Crippen molar-refractivity contribution in [3.05, 3.63) is 78.2 Å². The first kappa shape index (κ1) is 16.6. The lowest BCUT2D eigenvalue weighted by Crippen LogP contribution is -2.27. The maximum atomic E-state index is 14.3. The Morgan fingerprint density at radius 3 is 2.50 bits per heavy atom. The van der Waals surface area contributed by atoms with Gasteiger partial charge in [0.25, 0.3) is 5.91 Å². The topological polar surface area (TPSA) is 59.3 Å². The number of fused-ring (bicyclic) bond motifs is 1. The first-order valence-corrected chi connectivity index (χ1v) is 9.21. The van der Waals surface area contributed by atoms with Crippen LogP contribution < -0.4 is 5.32 Å². The Morgan fingerprint density at radius 1 is 1.00 bits per heavy atom. The van der Waals surface area contributed by atoms with Gasteiger partial charge in [-0.2, -0.15) is 5.10 Å². The van der Waals surface area contributed by atoms with E-state index in [0.717, 1.165) is 18.4 Å². The Hall–Kier alpha value is -3.54. The minimum atomic E-state index is -0.379. The van der Waals surface area contributed by atoms with Crippen LogP contribution in [0, 0.1) is 5.82 Å². The first-order valence-electron chi connectivity index (χ1n) is 9.21. The first-order chi connectivity index (χ1) is 13.7. The molecule has 4 aromatic rings. The molecule has 5 nitrogen and oxygen atoms in total. The van der Waals surface area contributed by atoms with Crippen molar-refractivity contribution in [2.24, 2.45) is 0 Å². The third-order valence-corrected chi connectivity index (χ3v) is 4.79. The van der Waals surface area contributed by atoms with Gasteiger partial charge in [-0.05, 0) is 31.0 Å². The Kier molecular flexibility index (Phi) is 3.90. The zero-order valence-corrected chi connectivity index (χ0v) is 15.0. The highest BCUT2D eigenvalue weighted by atomic mass is 19.1. The number of hydrogen-bond donors (Lipinski definition) is 1. The number of carbonyl (C=O) groups excluding carboxylic acids is 1. The summed E-state index contributed by atoms with van der Waals surface area (Å²) in [5.41, 5.74) is 3.24. The van der Waals surface area contributed by atoms with Gasteiger partial charge >= 0.3 is 0 Å². The van der Waals surface area contributed by atoms with E-state index in [1.54, 1.807) is 24.3 Å². The van der Waals surface area contributed by atoms with Crippen molar-refractivity contribution in [2.45, 2.75) is 18.9 Å². The number of hydrogen-bond acceptors (Lipinski definition) is 3. The van der Waals surface area contributed by atoms with Crippen LogP contribution in [-0.2, 0) is 0 Å². The molecule has 1 saturated carbocycles. The van der Waals surface area contributed by atoms with Gasteiger partial charge in [-0.15, -0.1) is 0 Å². The zero-order chi connectivity index (χ0) is 19.1. The molecule has 0 aliphatic heterocycles. The maximum absolute atomic E-state index is 14.3. The predicted molar refractivity (Wildman–Crippen MR) is 104 cm³/mol.